The number of primary amides is 1. The van der Waals surface area contributed by atoms with E-state index in [1.165, 1.54) is 0 Å². The van der Waals surface area contributed by atoms with Crippen molar-refractivity contribution in [3.05, 3.63) is 0 Å². The zero-order chi connectivity index (χ0) is 8.85. The van der Waals surface area contributed by atoms with Crippen molar-refractivity contribution in [3.8, 4) is 12.3 Å². The quantitative estimate of drug-likeness (QED) is 0.431. The smallest absolute Gasteiger partial charge is 0.247 e. The van der Waals surface area contributed by atoms with Crippen LogP contribution in [0, 0.1) is 12.3 Å². The number of aliphatic hydroxyl groups excluding tert-OH is 1. The van der Waals surface area contributed by atoms with Gasteiger partial charge in [0, 0.05) is 6.54 Å². The number of amides is 1. The first-order valence-corrected chi connectivity index (χ1v) is 3.24. The molecule has 0 aliphatic rings. The van der Waals surface area contributed by atoms with Crippen LogP contribution in [0.5, 0.6) is 0 Å². The molecular formula is C7H12N2O2. The van der Waals surface area contributed by atoms with Gasteiger partial charge >= 0.3 is 0 Å². The van der Waals surface area contributed by atoms with Crippen molar-refractivity contribution in [1.82, 2.24) is 5.32 Å². The largest absolute Gasteiger partial charge is 0.382 e. The Morgan fingerprint density at radius 1 is 1.91 bits per heavy atom. The zero-order valence-electron chi connectivity index (χ0n) is 6.37. The average molecular weight is 156 g/mol. The molecule has 0 heterocycles. The number of aliphatic hydroxyl groups is 1. The minimum Gasteiger partial charge on any atom is -0.382 e. The molecule has 11 heavy (non-hydrogen) atoms. The fourth-order valence-corrected chi connectivity index (χ4v) is 0.448. The molecule has 0 spiro atoms. The highest BCUT2D eigenvalue weighted by Gasteiger charge is 2.10. The summed E-state index contributed by atoms with van der Waals surface area (Å²) in [4.78, 5) is 10.3. The molecule has 0 saturated heterocycles. The highest BCUT2D eigenvalue weighted by atomic mass is 16.3. The second kappa shape index (κ2) is 4.72. The standard InChI is InChI=1S/C7H12N2O2/c1-3-5(2)9-4-6(10)7(8)11/h1,5-6,9-10H,4H2,2H3,(H2,8,11). The number of nitrogens with one attached hydrogen (secondary N) is 1. The van der Waals surface area contributed by atoms with E-state index in [1.54, 1.807) is 6.92 Å². The summed E-state index contributed by atoms with van der Waals surface area (Å²) < 4.78 is 0. The number of terminal acetylenes is 1. The van der Waals surface area contributed by atoms with E-state index in [-0.39, 0.29) is 12.6 Å². The Morgan fingerprint density at radius 3 is 2.82 bits per heavy atom. The van der Waals surface area contributed by atoms with Crippen LogP contribution in [0.25, 0.3) is 0 Å². The molecule has 0 aromatic carbocycles. The van der Waals surface area contributed by atoms with Crippen molar-refractivity contribution >= 4 is 5.91 Å². The molecule has 2 unspecified atom stereocenters. The van der Waals surface area contributed by atoms with Crippen molar-refractivity contribution < 1.29 is 9.90 Å². The fourth-order valence-electron chi connectivity index (χ4n) is 0.448. The molecule has 0 radical (unpaired) electrons. The number of rotatable bonds is 4. The third-order valence-electron chi connectivity index (χ3n) is 1.20. The average Bonchev–Trinajstić information content (AvgIpc) is 1.99. The SMILES string of the molecule is C#CC(C)NCC(O)C(N)=O. The van der Waals surface area contributed by atoms with E-state index in [0.29, 0.717) is 0 Å². The van der Waals surface area contributed by atoms with Crippen molar-refractivity contribution in [1.29, 1.82) is 0 Å². The van der Waals surface area contributed by atoms with Crippen molar-refractivity contribution in [3.63, 3.8) is 0 Å². The van der Waals surface area contributed by atoms with Gasteiger partial charge in [0.05, 0.1) is 6.04 Å². The second-order valence-corrected chi connectivity index (χ2v) is 2.21. The first-order chi connectivity index (χ1) is 5.07. The van der Waals surface area contributed by atoms with Gasteiger partial charge in [-0.2, -0.15) is 0 Å². The Hall–Kier alpha value is -1.05. The van der Waals surface area contributed by atoms with Gasteiger partial charge in [-0.05, 0) is 6.92 Å². The molecule has 4 nitrogen and oxygen atoms in total. The normalized spacial score (nSPS) is 15.0. The molecule has 0 aromatic rings. The van der Waals surface area contributed by atoms with E-state index in [4.69, 9.17) is 17.3 Å². The van der Waals surface area contributed by atoms with Gasteiger partial charge in [0.25, 0.3) is 0 Å². The molecule has 0 bridgehead atoms. The summed E-state index contributed by atoms with van der Waals surface area (Å²) in [5.41, 5.74) is 4.78. The molecule has 4 heteroatoms. The summed E-state index contributed by atoms with van der Waals surface area (Å²) in [6.45, 7) is 1.84. The summed E-state index contributed by atoms with van der Waals surface area (Å²) in [6.07, 6.45) is 3.86. The first-order valence-electron chi connectivity index (χ1n) is 3.24. The highest BCUT2D eigenvalue weighted by Crippen LogP contribution is 1.80. The van der Waals surface area contributed by atoms with Gasteiger partial charge in [0.2, 0.25) is 5.91 Å². The summed E-state index contributed by atoms with van der Waals surface area (Å²) >= 11 is 0. The van der Waals surface area contributed by atoms with Crippen molar-refractivity contribution in [2.24, 2.45) is 5.73 Å². The molecule has 0 aromatic heterocycles. The van der Waals surface area contributed by atoms with Crippen LogP contribution >= 0.6 is 0 Å². The van der Waals surface area contributed by atoms with Crippen LogP contribution in [0.15, 0.2) is 0 Å². The summed E-state index contributed by atoms with van der Waals surface area (Å²) in [5.74, 6) is 1.64. The van der Waals surface area contributed by atoms with Crippen LogP contribution in [-0.2, 0) is 4.79 Å². The lowest BCUT2D eigenvalue weighted by Crippen LogP contribution is -2.40. The molecule has 1 amide bonds. The fraction of sp³-hybridized carbons (Fsp3) is 0.571. The maximum absolute atomic E-state index is 10.3. The Balaban J connectivity index is 3.55. The Morgan fingerprint density at radius 2 is 2.45 bits per heavy atom. The number of carbonyl (C=O) groups excluding carboxylic acids is 1. The number of carbonyl (C=O) groups is 1. The first kappa shape index (κ1) is 9.95. The van der Waals surface area contributed by atoms with Crippen LogP contribution in [0.1, 0.15) is 6.92 Å². The molecule has 0 aliphatic heterocycles. The number of nitrogens with two attached hydrogens (primary N) is 1. The van der Waals surface area contributed by atoms with E-state index >= 15 is 0 Å². The second-order valence-electron chi connectivity index (χ2n) is 2.21. The maximum atomic E-state index is 10.3. The zero-order valence-corrected chi connectivity index (χ0v) is 6.37. The van der Waals surface area contributed by atoms with Gasteiger partial charge in [0.15, 0.2) is 0 Å². The van der Waals surface area contributed by atoms with E-state index in [9.17, 15) is 4.79 Å². The third kappa shape index (κ3) is 4.37. The van der Waals surface area contributed by atoms with E-state index in [0.717, 1.165) is 0 Å². The molecule has 62 valence electrons. The molecule has 0 rings (SSSR count). The monoisotopic (exact) mass is 156 g/mol. The summed E-state index contributed by atoms with van der Waals surface area (Å²) in [6, 6.07) is -0.163. The number of hydrogen-bond donors (Lipinski definition) is 3. The van der Waals surface area contributed by atoms with Crippen LogP contribution in [0.3, 0.4) is 0 Å². The summed E-state index contributed by atoms with van der Waals surface area (Å²) in [5, 5.41) is 11.6. The lowest BCUT2D eigenvalue weighted by atomic mass is 10.3. The molecule has 0 fully saturated rings. The lowest BCUT2D eigenvalue weighted by Gasteiger charge is -2.09. The van der Waals surface area contributed by atoms with Crippen LogP contribution in [-0.4, -0.2) is 29.7 Å². The Bertz CT molecular complexity index is 174. The minimum atomic E-state index is -1.16. The van der Waals surface area contributed by atoms with Gasteiger partial charge in [-0.1, -0.05) is 5.92 Å². The van der Waals surface area contributed by atoms with Gasteiger partial charge in [-0.3, -0.25) is 4.79 Å². The topological polar surface area (TPSA) is 75.3 Å². The summed E-state index contributed by atoms with van der Waals surface area (Å²) in [7, 11) is 0. The van der Waals surface area contributed by atoms with E-state index in [2.05, 4.69) is 11.2 Å². The molecule has 2 atom stereocenters. The maximum Gasteiger partial charge on any atom is 0.247 e. The van der Waals surface area contributed by atoms with Gasteiger partial charge in [0.1, 0.15) is 6.10 Å². The number of hydrogen-bond acceptors (Lipinski definition) is 3. The van der Waals surface area contributed by atoms with Crippen molar-refractivity contribution in [2.45, 2.75) is 19.1 Å². The predicted molar refractivity (Wildman–Crippen MR) is 41.5 cm³/mol. The molecule has 0 aliphatic carbocycles. The van der Waals surface area contributed by atoms with Crippen LogP contribution < -0.4 is 11.1 Å². The van der Waals surface area contributed by atoms with Crippen LogP contribution in [0.4, 0.5) is 0 Å². The van der Waals surface area contributed by atoms with Gasteiger partial charge in [-0.15, -0.1) is 6.42 Å². The highest BCUT2D eigenvalue weighted by molar-refractivity contribution is 5.78. The Labute approximate surface area is 65.8 Å². The Kier molecular flexibility index (Phi) is 4.27. The third-order valence-corrected chi connectivity index (χ3v) is 1.20. The minimum absolute atomic E-state index is 0.0979. The van der Waals surface area contributed by atoms with Crippen molar-refractivity contribution in [2.75, 3.05) is 6.54 Å². The lowest BCUT2D eigenvalue weighted by molar-refractivity contribution is -0.125. The van der Waals surface area contributed by atoms with E-state index in [1.807, 2.05) is 0 Å². The van der Waals surface area contributed by atoms with E-state index < -0.39 is 12.0 Å². The van der Waals surface area contributed by atoms with Gasteiger partial charge in [-0.25, -0.2) is 0 Å². The molecular weight excluding hydrogens is 144 g/mol. The van der Waals surface area contributed by atoms with Crippen LogP contribution in [0.2, 0.25) is 0 Å². The van der Waals surface area contributed by atoms with Gasteiger partial charge < -0.3 is 16.2 Å². The molecule has 4 N–H and O–H groups in total. The molecule has 0 saturated carbocycles. The predicted octanol–water partition coefficient (Wildman–Crippen LogP) is -1.56.